The second kappa shape index (κ2) is 9.11. The first kappa shape index (κ1) is 20.9. The van der Waals surface area contributed by atoms with Gasteiger partial charge in [0.05, 0.1) is 5.25 Å². The van der Waals surface area contributed by atoms with Crippen LogP contribution in [0.1, 0.15) is 12.5 Å². The van der Waals surface area contributed by atoms with E-state index in [1.54, 1.807) is 19.1 Å². The van der Waals surface area contributed by atoms with E-state index in [1.165, 1.54) is 18.8 Å². The Morgan fingerprint density at radius 3 is 2.34 bits per heavy atom. The molecule has 0 aliphatic rings. The van der Waals surface area contributed by atoms with Crippen LogP contribution in [0, 0.1) is 6.92 Å². The number of nitrogens with zero attached hydrogens (tertiary/aromatic N) is 3. The summed E-state index contributed by atoms with van der Waals surface area (Å²) in [5.74, 6) is 0.227. The van der Waals surface area contributed by atoms with Crippen LogP contribution in [-0.4, -0.2) is 39.0 Å². The van der Waals surface area contributed by atoms with Gasteiger partial charge in [-0.25, -0.2) is 4.79 Å². The molecule has 9 heteroatoms. The Hall–Kier alpha value is -2.84. The molecule has 29 heavy (non-hydrogen) atoms. The fraction of sp³-hybridized carbons (Fsp3) is 0.200. The molecule has 1 aromatic heterocycles. The van der Waals surface area contributed by atoms with Gasteiger partial charge in [-0.1, -0.05) is 53.2 Å². The van der Waals surface area contributed by atoms with Crippen LogP contribution >= 0.6 is 23.4 Å². The van der Waals surface area contributed by atoms with E-state index in [2.05, 4.69) is 20.8 Å². The van der Waals surface area contributed by atoms with Crippen molar-refractivity contribution in [3.8, 4) is 17.1 Å². The van der Waals surface area contributed by atoms with E-state index in [4.69, 9.17) is 11.6 Å². The van der Waals surface area contributed by atoms with Crippen molar-refractivity contribution in [2.24, 2.45) is 0 Å². The third kappa shape index (κ3) is 4.96. The molecule has 0 saturated heterocycles. The van der Waals surface area contributed by atoms with Crippen molar-refractivity contribution >= 4 is 35.3 Å². The Morgan fingerprint density at radius 2 is 1.72 bits per heavy atom. The van der Waals surface area contributed by atoms with Gasteiger partial charge in [-0.2, -0.15) is 0 Å². The predicted molar refractivity (Wildman–Crippen MR) is 114 cm³/mol. The number of amides is 3. The lowest BCUT2D eigenvalue weighted by Crippen LogP contribution is -2.41. The molecule has 0 saturated carbocycles. The summed E-state index contributed by atoms with van der Waals surface area (Å²) < 4.78 is 1.87. The zero-order valence-corrected chi connectivity index (χ0v) is 17.7. The largest absolute Gasteiger partial charge is 0.341 e. The molecule has 1 unspecified atom stereocenters. The number of aryl methyl sites for hydroxylation is 1. The lowest BCUT2D eigenvalue weighted by molar-refractivity contribution is -0.119. The highest BCUT2D eigenvalue weighted by Gasteiger charge is 2.22. The van der Waals surface area contributed by atoms with Gasteiger partial charge < -0.3 is 5.32 Å². The van der Waals surface area contributed by atoms with Crippen molar-refractivity contribution < 1.29 is 9.59 Å². The number of carbonyl (C=O) groups is 2. The van der Waals surface area contributed by atoms with Crippen LogP contribution in [0.2, 0.25) is 5.02 Å². The van der Waals surface area contributed by atoms with Gasteiger partial charge >= 0.3 is 6.03 Å². The van der Waals surface area contributed by atoms with Crippen LogP contribution < -0.4 is 10.6 Å². The predicted octanol–water partition coefficient (Wildman–Crippen LogP) is 3.83. The third-order valence-electron chi connectivity index (χ3n) is 4.14. The average Bonchev–Trinajstić information content (AvgIpc) is 3.12. The molecule has 3 aromatic rings. The molecule has 0 fully saturated rings. The third-order valence-corrected chi connectivity index (χ3v) is 5.44. The second-order valence-electron chi connectivity index (χ2n) is 6.31. The minimum atomic E-state index is -0.562. The van der Waals surface area contributed by atoms with Gasteiger partial charge in [-0.15, -0.1) is 10.2 Å². The number of hydrogen-bond acceptors (Lipinski definition) is 5. The maximum Gasteiger partial charge on any atom is 0.321 e. The number of aromatic nitrogens is 3. The summed E-state index contributed by atoms with van der Waals surface area (Å²) in [6.45, 7) is 3.72. The molecule has 0 radical (unpaired) electrons. The zero-order chi connectivity index (χ0) is 21.0. The number of urea groups is 1. The Morgan fingerprint density at radius 1 is 1.07 bits per heavy atom. The van der Waals surface area contributed by atoms with Crippen LogP contribution in [0.5, 0.6) is 0 Å². The maximum atomic E-state index is 12.3. The van der Waals surface area contributed by atoms with Crippen molar-refractivity contribution in [2.45, 2.75) is 24.3 Å². The van der Waals surface area contributed by atoms with Crippen molar-refractivity contribution in [2.75, 3.05) is 7.05 Å². The molecule has 7 nitrogen and oxygen atoms in total. The van der Waals surface area contributed by atoms with Crippen LogP contribution in [0.15, 0.2) is 53.7 Å². The zero-order valence-electron chi connectivity index (χ0n) is 16.1. The molecule has 1 atom stereocenters. The van der Waals surface area contributed by atoms with E-state index in [0.29, 0.717) is 16.0 Å². The molecule has 3 rings (SSSR count). The minimum Gasteiger partial charge on any atom is -0.341 e. The van der Waals surface area contributed by atoms with Gasteiger partial charge in [0.2, 0.25) is 5.91 Å². The number of thioether (sulfide) groups is 1. The second-order valence-corrected chi connectivity index (χ2v) is 8.06. The number of rotatable bonds is 5. The van der Waals surface area contributed by atoms with Crippen molar-refractivity contribution in [1.29, 1.82) is 0 Å². The number of imide groups is 1. The molecule has 3 amide bonds. The van der Waals surface area contributed by atoms with E-state index in [-0.39, 0.29) is 0 Å². The normalized spacial score (nSPS) is 11.7. The lowest BCUT2D eigenvalue weighted by atomic mass is 10.1. The Balaban J connectivity index is 1.99. The lowest BCUT2D eigenvalue weighted by Gasteiger charge is -2.13. The summed E-state index contributed by atoms with van der Waals surface area (Å²) in [4.78, 5) is 23.7. The van der Waals surface area contributed by atoms with E-state index in [0.717, 1.165) is 16.8 Å². The van der Waals surface area contributed by atoms with Crippen LogP contribution in [0.4, 0.5) is 4.79 Å². The molecule has 2 aromatic carbocycles. The first-order valence-electron chi connectivity index (χ1n) is 8.86. The standard InChI is InChI=1S/C20H20ClN5O2S/c1-12-4-6-14(7-5-12)17-24-25-20(26(17)16-10-8-15(21)9-11-16)29-13(2)18(27)23-19(28)22-3/h4-11,13H,1-3H3,(H2,22,23,27,28). The maximum absolute atomic E-state index is 12.3. The molecule has 1 heterocycles. The minimum absolute atomic E-state index is 0.420. The van der Waals surface area contributed by atoms with Crippen molar-refractivity contribution in [3.63, 3.8) is 0 Å². The molecular formula is C20H20ClN5O2S. The van der Waals surface area contributed by atoms with Crippen LogP contribution in [0.3, 0.4) is 0 Å². The van der Waals surface area contributed by atoms with Gasteiger partial charge in [-0.05, 0) is 38.1 Å². The van der Waals surface area contributed by atoms with Gasteiger partial charge in [0.1, 0.15) is 0 Å². The van der Waals surface area contributed by atoms with Gasteiger partial charge in [0.25, 0.3) is 0 Å². The quantitative estimate of drug-likeness (QED) is 0.601. The first-order valence-corrected chi connectivity index (χ1v) is 10.1. The number of halogens is 1. The van der Waals surface area contributed by atoms with Crippen molar-refractivity contribution in [3.05, 3.63) is 59.1 Å². The van der Waals surface area contributed by atoms with E-state index in [1.807, 2.05) is 47.9 Å². The Kier molecular flexibility index (Phi) is 6.56. The molecule has 0 spiro atoms. The summed E-state index contributed by atoms with van der Waals surface area (Å²) in [6.07, 6.45) is 0. The van der Waals surface area contributed by atoms with E-state index >= 15 is 0 Å². The first-order chi connectivity index (χ1) is 13.9. The Bertz CT molecular complexity index is 1020. The molecule has 2 N–H and O–H groups in total. The highest BCUT2D eigenvalue weighted by atomic mass is 35.5. The highest BCUT2D eigenvalue weighted by molar-refractivity contribution is 8.00. The van der Waals surface area contributed by atoms with E-state index in [9.17, 15) is 9.59 Å². The molecule has 0 aliphatic heterocycles. The van der Waals surface area contributed by atoms with Gasteiger partial charge in [-0.3, -0.25) is 14.7 Å². The summed E-state index contributed by atoms with van der Waals surface area (Å²) in [7, 11) is 1.45. The summed E-state index contributed by atoms with van der Waals surface area (Å²) in [6, 6.07) is 14.7. The van der Waals surface area contributed by atoms with Crippen LogP contribution in [-0.2, 0) is 4.79 Å². The highest BCUT2D eigenvalue weighted by Crippen LogP contribution is 2.30. The summed E-state index contributed by atoms with van der Waals surface area (Å²) >= 11 is 7.25. The fourth-order valence-electron chi connectivity index (χ4n) is 2.55. The van der Waals surface area contributed by atoms with Gasteiger partial charge in [0, 0.05) is 23.3 Å². The van der Waals surface area contributed by atoms with Gasteiger partial charge in [0.15, 0.2) is 11.0 Å². The van der Waals surface area contributed by atoms with Crippen LogP contribution in [0.25, 0.3) is 17.1 Å². The number of benzene rings is 2. The summed E-state index contributed by atoms with van der Waals surface area (Å²) in [5, 5.41) is 13.9. The molecule has 0 aliphatic carbocycles. The smallest absolute Gasteiger partial charge is 0.321 e. The molecule has 0 bridgehead atoms. The fourth-order valence-corrected chi connectivity index (χ4v) is 3.54. The summed E-state index contributed by atoms with van der Waals surface area (Å²) in [5.41, 5.74) is 2.85. The number of hydrogen-bond donors (Lipinski definition) is 2. The van der Waals surface area contributed by atoms with Crippen molar-refractivity contribution in [1.82, 2.24) is 25.4 Å². The average molecular weight is 430 g/mol. The number of nitrogens with one attached hydrogen (secondary N) is 2. The number of carbonyl (C=O) groups excluding carboxylic acids is 2. The SMILES string of the molecule is CNC(=O)NC(=O)C(C)Sc1nnc(-c2ccc(C)cc2)n1-c1ccc(Cl)cc1. The topological polar surface area (TPSA) is 88.9 Å². The Labute approximate surface area is 177 Å². The molecular weight excluding hydrogens is 410 g/mol. The molecule has 150 valence electrons. The van der Waals surface area contributed by atoms with E-state index < -0.39 is 17.2 Å². The monoisotopic (exact) mass is 429 g/mol.